The molecule has 2 aromatic heterocycles. The van der Waals surface area contributed by atoms with Gasteiger partial charge in [-0.1, -0.05) is 19.1 Å². The van der Waals surface area contributed by atoms with Gasteiger partial charge in [0.15, 0.2) is 5.65 Å². The minimum Gasteiger partial charge on any atom is -0.497 e. The van der Waals surface area contributed by atoms with Crippen LogP contribution in [0.2, 0.25) is 0 Å². The van der Waals surface area contributed by atoms with E-state index in [2.05, 4.69) is 27.2 Å². The number of hydrogen-bond acceptors (Lipinski definition) is 5. The minimum absolute atomic E-state index is 0.197. The highest BCUT2D eigenvalue weighted by Gasteiger charge is 2.10. The van der Waals surface area contributed by atoms with Gasteiger partial charge in [0.2, 0.25) is 5.95 Å². The van der Waals surface area contributed by atoms with Crippen molar-refractivity contribution in [3.63, 3.8) is 0 Å². The van der Waals surface area contributed by atoms with Crippen molar-refractivity contribution in [1.82, 2.24) is 19.5 Å². The molecule has 0 saturated carbocycles. The first kappa shape index (κ1) is 15.1. The van der Waals surface area contributed by atoms with E-state index in [1.807, 2.05) is 24.3 Å². The standard InChI is InChI=1S/C16H19N5O2/c1-3-8-17-15-18-9-13-14(20-15)21(16(22)19-13)10-11-4-6-12(23-2)7-5-11/h4-7,9H,3,8,10H2,1-2H3,(H,19,22)(H,17,18,20). The van der Waals surface area contributed by atoms with Gasteiger partial charge in [-0.2, -0.15) is 4.98 Å². The lowest BCUT2D eigenvalue weighted by molar-refractivity contribution is 0.414. The molecule has 2 heterocycles. The number of nitrogens with zero attached hydrogens (tertiary/aromatic N) is 3. The Morgan fingerprint density at radius 3 is 2.78 bits per heavy atom. The van der Waals surface area contributed by atoms with Gasteiger partial charge in [-0.25, -0.2) is 9.78 Å². The Bertz CT molecular complexity index is 851. The third-order valence-electron chi connectivity index (χ3n) is 3.54. The number of anilines is 1. The molecule has 0 atom stereocenters. The molecule has 2 N–H and O–H groups in total. The molecule has 0 aliphatic rings. The molecular weight excluding hydrogens is 294 g/mol. The summed E-state index contributed by atoms with van der Waals surface area (Å²) in [7, 11) is 1.63. The number of fused-ring (bicyclic) bond motifs is 1. The van der Waals surface area contributed by atoms with Crippen LogP contribution in [0.3, 0.4) is 0 Å². The van der Waals surface area contributed by atoms with Gasteiger partial charge in [0, 0.05) is 6.54 Å². The molecule has 23 heavy (non-hydrogen) atoms. The third kappa shape index (κ3) is 3.18. The van der Waals surface area contributed by atoms with Gasteiger partial charge in [-0.3, -0.25) is 4.57 Å². The van der Waals surface area contributed by atoms with Crippen LogP contribution in [0.4, 0.5) is 5.95 Å². The van der Waals surface area contributed by atoms with Crippen LogP contribution in [0.5, 0.6) is 5.75 Å². The molecule has 0 spiro atoms. The van der Waals surface area contributed by atoms with Crippen molar-refractivity contribution in [2.45, 2.75) is 19.9 Å². The lowest BCUT2D eigenvalue weighted by Crippen LogP contribution is -2.18. The summed E-state index contributed by atoms with van der Waals surface area (Å²) in [5.41, 5.74) is 2.03. The fraction of sp³-hybridized carbons (Fsp3) is 0.312. The number of hydrogen-bond donors (Lipinski definition) is 2. The number of methoxy groups -OCH3 is 1. The zero-order valence-electron chi connectivity index (χ0n) is 13.2. The van der Waals surface area contributed by atoms with Crippen molar-refractivity contribution >= 4 is 17.1 Å². The van der Waals surface area contributed by atoms with Crippen molar-refractivity contribution in [3.05, 3.63) is 46.5 Å². The lowest BCUT2D eigenvalue weighted by atomic mass is 10.2. The number of H-pyrrole nitrogens is 1. The zero-order valence-corrected chi connectivity index (χ0v) is 13.2. The Kier molecular flexibility index (Phi) is 4.27. The Morgan fingerprint density at radius 1 is 1.30 bits per heavy atom. The molecular formula is C16H19N5O2. The molecule has 0 unspecified atom stereocenters. The average molecular weight is 313 g/mol. The number of ether oxygens (including phenoxy) is 1. The summed E-state index contributed by atoms with van der Waals surface area (Å²) in [4.78, 5) is 23.6. The second-order valence-electron chi connectivity index (χ2n) is 5.22. The maximum atomic E-state index is 12.2. The SMILES string of the molecule is CCCNc1ncc2[nH]c(=O)n(Cc3ccc(OC)cc3)c2n1. The van der Waals surface area contributed by atoms with Crippen molar-refractivity contribution in [2.24, 2.45) is 0 Å². The summed E-state index contributed by atoms with van der Waals surface area (Å²) in [6.07, 6.45) is 2.61. The summed E-state index contributed by atoms with van der Waals surface area (Å²) in [6.45, 7) is 3.30. The molecule has 1 aromatic carbocycles. The van der Waals surface area contributed by atoms with Crippen molar-refractivity contribution in [1.29, 1.82) is 0 Å². The molecule has 0 fully saturated rings. The Morgan fingerprint density at radius 2 is 2.09 bits per heavy atom. The average Bonchev–Trinajstić information content (AvgIpc) is 2.89. The van der Waals surface area contributed by atoms with E-state index in [-0.39, 0.29) is 5.69 Å². The molecule has 0 radical (unpaired) electrons. The summed E-state index contributed by atoms with van der Waals surface area (Å²) in [5, 5.41) is 3.13. The van der Waals surface area contributed by atoms with Crippen LogP contribution in [-0.2, 0) is 6.54 Å². The Labute approximate surface area is 133 Å². The highest BCUT2D eigenvalue weighted by atomic mass is 16.5. The number of imidazole rings is 1. The minimum atomic E-state index is -0.197. The van der Waals surface area contributed by atoms with Crippen LogP contribution >= 0.6 is 0 Å². The second kappa shape index (κ2) is 6.51. The maximum Gasteiger partial charge on any atom is 0.328 e. The highest BCUT2D eigenvalue weighted by molar-refractivity contribution is 5.71. The lowest BCUT2D eigenvalue weighted by Gasteiger charge is -2.06. The highest BCUT2D eigenvalue weighted by Crippen LogP contribution is 2.14. The van der Waals surface area contributed by atoms with E-state index < -0.39 is 0 Å². The van der Waals surface area contributed by atoms with Crippen LogP contribution in [0.1, 0.15) is 18.9 Å². The molecule has 3 aromatic rings. The molecule has 0 saturated heterocycles. The van der Waals surface area contributed by atoms with Crippen molar-refractivity contribution in [2.75, 3.05) is 19.0 Å². The normalized spacial score (nSPS) is 10.9. The monoisotopic (exact) mass is 313 g/mol. The summed E-state index contributed by atoms with van der Waals surface area (Å²) >= 11 is 0. The third-order valence-corrected chi connectivity index (χ3v) is 3.54. The summed E-state index contributed by atoms with van der Waals surface area (Å²) in [6, 6.07) is 7.61. The van der Waals surface area contributed by atoms with E-state index in [1.54, 1.807) is 17.9 Å². The van der Waals surface area contributed by atoms with Gasteiger partial charge >= 0.3 is 5.69 Å². The molecule has 0 bridgehead atoms. The van der Waals surface area contributed by atoms with E-state index in [0.717, 1.165) is 24.3 Å². The second-order valence-corrected chi connectivity index (χ2v) is 5.22. The van der Waals surface area contributed by atoms with Crippen LogP contribution in [0.15, 0.2) is 35.3 Å². The summed E-state index contributed by atoms with van der Waals surface area (Å²) < 4.78 is 6.76. The van der Waals surface area contributed by atoms with Crippen LogP contribution < -0.4 is 15.7 Å². The first-order chi connectivity index (χ1) is 11.2. The van der Waals surface area contributed by atoms with Crippen molar-refractivity contribution < 1.29 is 4.74 Å². The quantitative estimate of drug-likeness (QED) is 0.727. The maximum absolute atomic E-state index is 12.2. The van der Waals surface area contributed by atoms with E-state index >= 15 is 0 Å². The number of rotatable bonds is 6. The number of benzene rings is 1. The van der Waals surface area contributed by atoms with Gasteiger partial charge < -0.3 is 15.0 Å². The van der Waals surface area contributed by atoms with Gasteiger partial charge in [-0.15, -0.1) is 0 Å². The van der Waals surface area contributed by atoms with Crippen LogP contribution in [-0.4, -0.2) is 33.2 Å². The van der Waals surface area contributed by atoms with Crippen LogP contribution in [0.25, 0.3) is 11.2 Å². The predicted octanol–water partition coefficient (Wildman–Crippen LogP) is 2.00. The van der Waals surface area contributed by atoms with E-state index in [0.29, 0.717) is 23.7 Å². The molecule has 0 amide bonds. The predicted molar refractivity (Wildman–Crippen MR) is 89.0 cm³/mol. The van der Waals surface area contributed by atoms with Gasteiger partial charge in [-0.05, 0) is 24.1 Å². The molecule has 0 aliphatic heterocycles. The first-order valence-corrected chi connectivity index (χ1v) is 7.53. The zero-order chi connectivity index (χ0) is 16.2. The fourth-order valence-corrected chi connectivity index (χ4v) is 2.33. The molecule has 7 heteroatoms. The van der Waals surface area contributed by atoms with Gasteiger partial charge in [0.05, 0.1) is 19.9 Å². The molecule has 7 nitrogen and oxygen atoms in total. The van der Waals surface area contributed by atoms with E-state index in [9.17, 15) is 4.79 Å². The van der Waals surface area contributed by atoms with Crippen LogP contribution in [0, 0.1) is 0 Å². The first-order valence-electron chi connectivity index (χ1n) is 7.53. The van der Waals surface area contributed by atoms with Gasteiger partial charge in [0.25, 0.3) is 0 Å². The Hall–Kier alpha value is -2.83. The fourth-order valence-electron chi connectivity index (χ4n) is 2.33. The number of aromatic nitrogens is 4. The smallest absolute Gasteiger partial charge is 0.328 e. The molecule has 120 valence electrons. The topological polar surface area (TPSA) is 84.8 Å². The number of aromatic amines is 1. The van der Waals surface area contributed by atoms with Gasteiger partial charge in [0.1, 0.15) is 11.3 Å². The number of nitrogens with one attached hydrogen (secondary N) is 2. The van der Waals surface area contributed by atoms with E-state index in [4.69, 9.17) is 4.74 Å². The summed E-state index contributed by atoms with van der Waals surface area (Å²) in [5.74, 6) is 1.32. The molecule has 3 rings (SSSR count). The molecule has 0 aliphatic carbocycles. The van der Waals surface area contributed by atoms with E-state index in [1.165, 1.54) is 0 Å². The largest absolute Gasteiger partial charge is 0.497 e. The Balaban J connectivity index is 1.94. The van der Waals surface area contributed by atoms with Crippen molar-refractivity contribution in [3.8, 4) is 5.75 Å².